The third kappa shape index (κ3) is 1.16. The van der Waals surface area contributed by atoms with Gasteiger partial charge in [-0.3, -0.25) is 0 Å². The van der Waals surface area contributed by atoms with Gasteiger partial charge in [0.25, 0.3) is 0 Å². The fraction of sp³-hybridized carbons (Fsp3) is 0.400. The lowest BCUT2D eigenvalue weighted by atomic mass is 10.0. The Bertz CT molecular complexity index is 251. The fourth-order valence-electron chi connectivity index (χ4n) is 1.48. The number of rotatable bonds is 1. The average Bonchev–Trinajstić information content (AvgIpc) is 2.62. The van der Waals surface area contributed by atoms with E-state index in [1.54, 1.807) is 0 Å². The molecule has 0 bridgehead atoms. The Hall–Kier alpha value is -0.820. The van der Waals surface area contributed by atoms with E-state index in [2.05, 4.69) is 49.5 Å². The van der Waals surface area contributed by atoms with Gasteiger partial charge in [0.15, 0.2) is 0 Å². The second-order valence-corrected chi connectivity index (χ2v) is 3.71. The van der Waals surface area contributed by atoms with Crippen molar-refractivity contribution in [3.63, 3.8) is 0 Å². The summed E-state index contributed by atoms with van der Waals surface area (Å²) in [5.41, 5.74) is 1.72. The Morgan fingerprint density at radius 1 is 1.18 bits per heavy atom. The second-order valence-electron chi connectivity index (χ2n) is 3.71. The van der Waals surface area contributed by atoms with Crippen molar-refractivity contribution in [2.24, 2.45) is 0 Å². The summed E-state index contributed by atoms with van der Waals surface area (Å²) in [6.45, 7) is 4.45. The monoisotopic (exact) mass is 147 g/mol. The van der Waals surface area contributed by atoms with Crippen molar-refractivity contribution in [2.75, 3.05) is 0 Å². The van der Waals surface area contributed by atoms with Gasteiger partial charge in [0.05, 0.1) is 6.04 Å². The molecule has 1 saturated heterocycles. The normalized spacial score (nSPS) is 26.5. The predicted molar refractivity (Wildman–Crippen MR) is 46.4 cm³/mol. The van der Waals surface area contributed by atoms with Crippen molar-refractivity contribution in [3.05, 3.63) is 35.9 Å². The van der Waals surface area contributed by atoms with Gasteiger partial charge in [0.1, 0.15) is 0 Å². The zero-order chi connectivity index (χ0) is 7.90. The lowest BCUT2D eigenvalue weighted by molar-refractivity contribution is 0.754. The molecule has 1 aliphatic heterocycles. The number of nitrogens with one attached hydrogen (secondary N) is 1. The highest BCUT2D eigenvalue weighted by Gasteiger charge is 2.45. The fourth-order valence-corrected chi connectivity index (χ4v) is 1.48. The molecule has 0 saturated carbocycles. The van der Waals surface area contributed by atoms with Crippen LogP contribution in [0, 0.1) is 0 Å². The molecule has 1 heteroatoms. The summed E-state index contributed by atoms with van der Waals surface area (Å²) < 4.78 is 0. The molecule has 1 aliphatic rings. The van der Waals surface area contributed by atoms with Gasteiger partial charge in [-0.25, -0.2) is 0 Å². The Morgan fingerprint density at radius 3 is 2.18 bits per heavy atom. The molecular formula is C10H13N. The van der Waals surface area contributed by atoms with Crippen LogP contribution in [-0.2, 0) is 0 Å². The maximum atomic E-state index is 3.42. The highest BCUT2D eigenvalue weighted by Crippen LogP contribution is 2.39. The SMILES string of the molecule is CC1(C)NC1c1ccccc1. The third-order valence-electron chi connectivity index (χ3n) is 2.29. The first-order valence-corrected chi connectivity index (χ1v) is 4.03. The topological polar surface area (TPSA) is 21.9 Å². The van der Waals surface area contributed by atoms with E-state index in [4.69, 9.17) is 0 Å². The first-order chi connectivity index (χ1) is 5.20. The highest BCUT2D eigenvalue weighted by molar-refractivity contribution is 5.29. The van der Waals surface area contributed by atoms with Crippen LogP contribution in [0.15, 0.2) is 30.3 Å². The van der Waals surface area contributed by atoms with Crippen LogP contribution in [0.5, 0.6) is 0 Å². The Kier molecular flexibility index (Phi) is 1.30. The van der Waals surface area contributed by atoms with E-state index in [0.717, 1.165) is 0 Å². The smallest absolute Gasteiger partial charge is 0.0504 e. The number of hydrogen-bond acceptors (Lipinski definition) is 1. The van der Waals surface area contributed by atoms with Crippen LogP contribution in [0.1, 0.15) is 25.5 Å². The van der Waals surface area contributed by atoms with E-state index in [0.29, 0.717) is 11.6 Å². The summed E-state index contributed by atoms with van der Waals surface area (Å²) in [6, 6.07) is 11.2. The minimum absolute atomic E-state index is 0.321. The summed E-state index contributed by atoms with van der Waals surface area (Å²) in [5.74, 6) is 0. The van der Waals surface area contributed by atoms with E-state index in [1.807, 2.05) is 0 Å². The zero-order valence-corrected chi connectivity index (χ0v) is 6.96. The summed E-state index contributed by atoms with van der Waals surface area (Å²) in [5, 5.41) is 3.42. The molecule has 0 amide bonds. The standard InChI is InChI=1S/C10H13N/c1-10(2)9(11-10)8-6-4-3-5-7-8/h3-7,9,11H,1-2H3. The summed E-state index contributed by atoms with van der Waals surface area (Å²) in [7, 11) is 0. The van der Waals surface area contributed by atoms with Gasteiger partial charge < -0.3 is 5.32 Å². The van der Waals surface area contributed by atoms with Crippen LogP contribution in [0.4, 0.5) is 0 Å². The molecule has 0 aromatic heterocycles. The van der Waals surface area contributed by atoms with E-state index in [-0.39, 0.29) is 0 Å². The van der Waals surface area contributed by atoms with Crippen LogP contribution in [0.25, 0.3) is 0 Å². The van der Waals surface area contributed by atoms with Gasteiger partial charge in [-0.2, -0.15) is 0 Å². The molecule has 1 heterocycles. The first-order valence-electron chi connectivity index (χ1n) is 4.03. The second kappa shape index (κ2) is 2.08. The van der Waals surface area contributed by atoms with E-state index >= 15 is 0 Å². The van der Waals surface area contributed by atoms with Crippen molar-refractivity contribution < 1.29 is 0 Å². The molecule has 0 spiro atoms. The van der Waals surface area contributed by atoms with Crippen LogP contribution >= 0.6 is 0 Å². The van der Waals surface area contributed by atoms with E-state index < -0.39 is 0 Å². The third-order valence-corrected chi connectivity index (χ3v) is 2.29. The molecule has 1 unspecified atom stereocenters. The lowest BCUT2D eigenvalue weighted by Gasteiger charge is -1.98. The molecule has 11 heavy (non-hydrogen) atoms. The Labute approximate surface area is 67.4 Å². The molecular weight excluding hydrogens is 134 g/mol. The molecule has 1 aromatic carbocycles. The molecule has 0 aliphatic carbocycles. The van der Waals surface area contributed by atoms with E-state index in [9.17, 15) is 0 Å². The summed E-state index contributed by atoms with van der Waals surface area (Å²) in [6.07, 6.45) is 0. The molecule has 1 nitrogen and oxygen atoms in total. The first kappa shape index (κ1) is 6.86. The maximum absolute atomic E-state index is 3.42. The molecule has 1 atom stereocenters. The lowest BCUT2D eigenvalue weighted by Crippen LogP contribution is -2.00. The maximum Gasteiger partial charge on any atom is 0.0504 e. The number of benzene rings is 1. The Morgan fingerprint density at radius 2 is 1.73 bits per heavy atom. The Balaban J connectivity index is 2.21. The average molecular weight is 147 g/mol. The van der Waals surface area contributed by atoms with E-state index in [1.165, 1.54) is 5.56 Å². The number of hydrogen-bond donors (Lipinski definition) is 1. The predicted octanol–water partition coefficient (Wildman–Crippen LogP) is 2.11. The van der Waals surface area contributed by atoms with Gasteiger partial charge >= 0.3 is 0 Å². The highest BCUT2D eigenvalue weighted by atomic mass is 15.2. The largest absolute Gasteiger partial charge is 0.301 e. The van der Waals surface area contributed by atoms with Gasteiger partial charge in [-0.05, 0) is 19.4 Å². The molecule has 0 radical (unpaired) electrons. The van der Waals surface area contributed by atoms with Crippen molar-refractivity contribution in [3.8, 4) is 0 Å². The molecule has 1 fully saturated rings. The van der Waals surface area contributed by atoms with Crippen molar-refractivity contribution >= 4 is 0 Å². The van der Waals surface area contributed by atoms with Gasteiger partial charge in [0, 0.05) is 5.54 Å². The molecule has 1 aromatic rings. The zero-order valence-electron chi connectivity index (χ0n) is 6.96. The summed E-state index contributed by atoms with van der Waals surface area (Å²) >= 11 is 0. The van der Waals surface area contributed by atoms with Crippen LogP contribution < -0.4 is 5.32 Å². The minimum Gasteiger partial charge on any atom is -0.301 e. The molecule has 2 rings (SSSR count). The van der Waals surface area contributed by atoms with Crippen molar-refractivity contribution in [1.82, 2.24) is 5.32 Å². The van der Waals surface area contributed by atoms with Gasteiger partial charge in [0.2, 0.25) is 0 Å². The van der Waals surface area contributed by atoms with Gasteiger partial charge in [-0.15, -0.1) is 0 Å². The van der Waals surface area contributed by atoms with Crippen LogP contribution in [0.3, 0.4) is 0 Å². The quantitative estimate of drug-likeness (QED) is 0.604. The minimum atomic E-state index is 0.321. The van der Waals surface area contributed by atoms with Crippen LogP contribution in [-0.4, -0.2) is 5.54 Å². The van der Waals surface area contributed by atoms with Crippen molar-refractivity contribution in [1.29, 1.82) is 0 Å². The van der Waals surface area contributed by atoms with Crippen LogP contribution in [0.2, 0.25) is 0 Å². The summed E-state index contributed by atoms with van der Waals surface area (Å²) in [4.78, 5) is 0. The molecule has 58 valence electrons. The van der Waals surface area contributed by atoms with Gasteiger partial charge in [-0.1, -0.05) is 30.3 Å². The van der Waals surface area contributed by atoms with Crippen molar-refractivity contribution in [2.45, 2.75) is 25.4 Å². The molecule has 1 N–H and O–H groups in total.